The molecule has 0 amide bonds. The normalized spacial score (nSPS) is 13.3. The monoisotopic (exact) mass is 221 g/mol. The molecule has 0 radical (unpaired) electrons. The molecule has 0 saturated carbocycles. The van der Waals surface area contributed by atoms with Crippen molar-refractivity contribution in [2.24, 2.45) is 7.05 Å². The number of benzene rings is 1. The topological polar surface area (TPSA) is 4.93 Å². The summed E-state index contributed by atoms with van der Waals surface area (Å²) >= 11 is 5.98. The van der Waals surface area contributed by atoms with Crippen LogP contribution >= 0.6 is 11.6 Å². The number of alkyl halides is 1. The van der Waals surface area contributed by atoms with E-state index in [1.807, 2.05) is 6.92 Å². The Morgan fingerprint density at radius 2 is 2.07 bits per heavy atom. The molecule has 0 aliphatic heterocycles. The van der Waals surface area contributed by atoms with Gasteiger partial charge in [-0.2, -0.15) is 0 Å². The molecular weight excluding hydrogens is 206 g/mol. The molecule has 80 valence electrons. The average molecular weight is 222 g/mol. The number of aromatic nitrogens is 1. The predicted octanol–water partition coefficient (Wildman–Crippen LogP) is 3.74. The van der Waals surface area contributed by atoms with Crippen molar-refractivity contribution >= 4 is 22.5 Å². The number of halogens is 1. The number of aryl methyl sites for hydroxylation is 2. The van der Waals surface area contributed by atoms with E-state index in [-0.39, 0.29) is 5.38 Å². The van der Waals surface area contributed by atoms with Crippen LogP contribution in [0.2, 0.25) is 0 Å². The highest BCUT2D eigenvalue weighted by Gasteiger charge is 2.06. The zero-order valence-electron chi connectivity index (χ0n) is 9.20. The number of hydrogen-bond donors (Lipinski definition) is 0. The molecule has 2 rings (SSSR count). The van der Waals surface area contributed by atoms with Crippen molar-refractivity contribution in [3.05, 3.63) is 36.0 Å². The average Bonchev–Trinajstić information content (AvgIpc) is 2.54. The van der Waals surface area contributed by atoms with E-state index in [2.05, 4.69) is 42.1 Å². The van der Waals surface area contributed by atoms with Crippen LogP contribution in [-0.2, 0) is 13.5 Å². The SMILES string of the molecule is CC(Cl)CCc1cn(C)c2ccccc12. The molecular formula is C13H16ClN. The second-order valence-corrected chi connectivity index (χ2v) is 4.85. The largest absolute Gasteiger partial charge is 0.350 e. The summed E-state index contributed by atoms with van der Waals surface area (Å²) in [7, 11) is 2.09. The maximum absolute atomic E-state index is 5.98. The molecule has 1 heterocycles. The summed E-state index contributed by atoms with van der Waals surface area (Å²) in [5.41, 5.74) is 2.70. The molecule has 1 atom stereocenters. The molecule has 2 aromatic rings. The first-order chi connectivity index (χ1) is 7.18. The lowest BCUT2D eigenvalue weighted by molar-refractivity contribution is 0.802. The molecule has 0 aliphatic rings. The van der Waals surface area contributed by atoms with E-state index >= 15 is 0 Å². The summed E-state index contributed by atoms with van der Waals surface area (Å²) in [6.07, 6.45) is 4.31. The summed E-state index contributed by atoms with van der Waals surface area (Å²) in [4.78, 5) is 0. The van der Waals surface area contributed by atoms with Crippen LogP contribution in [0.4, 0.5) is 0 Å². The highest BCUT2D eigenvalue weighted by molar-refractivity contribution is 6.20. The van der Waals surface area contributed by atoms with Crippen LogP contribution < -0.4 is 0 Å². The maximum atomic E-state index is 5.98. The Balaban J connectivity index is 2.35. The first-order valence-electron chi connectivity index (χ1n) is 5.35. The minimum absolute atomic E-state index is 0.254. The van der Waals surface area contributed by atoms with Gasteiger partial charge in [0.2, 0.25) is 0 Å². The van der Waals surface area contributed by atoms with Crippen LogP contribution in [0.15, 0.2) is 30.5 Å². The maximum Gasteiger partial charge on any atom is 0.0480 e. The van der Waals surface area contributed by atoms with E-state index in [9.17, 15) is 0 Å². The molecule has 2 heteroatoms. The van der Waals surface area contributed by atoms with Gasteiger partial charge < -0.3 is 4.57 Å². The Labute approximate surface area is 95.7 Å². The van der Waals surface area contributed by atoms with E-state index in [0.29, 0.717) is 0 Å². The number of nitrogens with zero attached hydrogens (tertiary/aromatic N) is 1. The third kappa shape index (κ3) is 2.18. The molecule has 0 bridgehead atoms. The smallest absolute Gasteiger partial charge is 0.0480 e. The van der Waals surface area contributed by atoms with E-state index < -0.39 is 0 Å². The molecule has 0 saturated heterocycles. The molecule has 0 aliphatic carbocycles. The highest BCUT2D eigenvalue weighted by atomic mass is 35.5. The zero-order valence-corrected chi connectivity index (χ0v) is 9.96. The minimum Gasteiger partial charge on any atom is -0.350 e. The third-order valence-electron chi connectivity index (χ3n) is 2.79. The fraction of sp³-hybridized carbons (Fsp3) is 0.385. The lowest BCUT2D eigenvalue weighted by Crippen LogP contribution is -1.93. The van der Waals surface area contributed by atoms with Crippen molar-refractivity contribution in [2.75, 3.05) is 0 Å². The minimum atomic E-state index is 0.254. The first-order valence-corrected chi connectivity index (χ1v) is 5.79. The van der Waals surface area contributed by atoms with Gasteiger partial charge in [0.15, 0.2) is 0 Å². The summed E-state index contributed by atoms with van der Waals surface area (Å²) in [5, 5.41) is 1.61. The first kappa shape index (κ1) is 10.6. The molecule has 15 heavy (non-hydrogen) atoms. The van der Waals surface area contributed by atoms with Crippen molar-refractivity contribution in [2.45, 2.75) is 25.1 Å². The molecule has 0 spiro atoms. The van der Waals surface area contributed by atoms with Gasteiger partial charge in [0.1, 0.15) is 0 Å². The van der Waals surface area contributed by atoms with Crippen LogP contribution in [0.1, 0.15) is 18.9 Å². The Bertz CT molecular complexity index is 457. The fourth-order valence-corrected chi connectivity index (χ4v) is 2.09. The standard InChI is InChI=1S/C13H16ClN/c1-10(14)7-8-11-9-15(2)13-6-4-3-5-12(11)13/h3-6,9-10H,7-8H2,1-2H3. The Morgan fingerprint density at radius 1 is 1.33 bits per heavy atom. The van der Waals surface area contributed by atoms with Crippen LogP contribution in [0.5, 0.6) is 0 Å². The van der Waals surface area contributed by atoms with Crippen LogP contribution in [-0.4, -0.2) is 9.94 Å². The van der Waals surface area contributed by atoms with E-state index in [1.165, 1.54) is 16.5 Å². The van der Waals surface area contributed by atoms with E-state index in [4.69, 9.17) is 11.6 Å². The molecule has 0 N–H and O–H groups in total. The van der Waals surface area contributed by atoms with Crippen molar-refractivity contribution < 1.29 is 0 Å². The number of rotatable bonds is 3. The van der Waals surface area contributed by atoms with Crippen molar-refractivity contribution in [3.8, 4) is 0 Å². The Hall–Kier alpha value is -0.950. The lowest BCUT2D eigenvalue weighted by Gasteiger charge is -2.01. The van der Waals surface area contributed by atoms with Gasteiger partial charge >= 0.3 is 0 Å². The van der Waals surface area contributed by atoms with Gasteiger partial charge in [-0.15, -0.1) is 11.6 Å². The number of para-hydroxylation sites is 1. The van der Waals surface area contributed by atoms with E-state index in [1.54, 1.807) is 0 Å². The third-order valence-corrected chi connectivity index (χ3v) is 3.01. The van der Waals surface area contributed by atoms with Crippen LogP contribution in [0.3, 0.4) is 0 Å². The van der Waals surface area contributed by atoms with Crippen molar-refractivity contribution in [3.63, 3.8) is 0 Å². The predicted molar refractivity (Wildman–Crippen MR) is 66.6 cm³/mol. The molecule has 1 aromatic carbocycles. The second kappa shape index (κ2) is 4.28. The van der Waals surface area contributed by atoms with Crippen molar-refractivity contribution in [1.29, 1.82) is 0 Å². The van der Waals surface area contributed by atoms with Crippen LogP contribution in [0.25, 0.3) is 10.9 Å². The highest BCUT2D eigenvalue weighted by Crippen LogP contribution is 2.22. The molecule has 1 nitrogen and oxygen atoms in total. The molecule has 1 unspecified atom stereocenters. The van der Waals surface area contributed by atoms with Gasteiger partial charge in [-0.1, -0.05) is 18.2 Å². The fourth-order valence-electron chi connectivity index (χ4n) is 1.98. The second-order valence-electron chi connectivity index (χ2n) is 4.10. The molecule has 0 fully saturated rings. The van der Waals surface area contributed by atoms with Gasteiger partial charge in [-0.25, -0.2) is 0 Å². The van der Waals surface area contributed by atoms with E-state index in [0.717, 1.165) is 12.8 Å². The van der Waals surface area contributed by atoms with Gasteiger partial charge in [-0.05, 0) is 31.4 Å². The summed E-state index contributed by atoms with van der Waals surface area (Å²) in [6.45, 7) is 2.05. The molecule has 1 aromatic heterocycles. The number of fused-ring (bicyclic) bond motifs is 1. The van der Waals surface area contributed by atoms with Crippen molar-refractivity contribution in [1.82, 2.24) is 4.57 Å². The summed E-state index contributed by atoms with van der Waals surface area (Å²) in [5.74, 6) is 0. The quantitative estimate of drug-likeness (QED) is 0.696. The Kier molecular flexibility index (Phi) is 3.01. The van der Waals surface area contributed by atoms with Gasteiger partial charge in [-0.3, -0.25) is 0 Å². The van der Waals surface area contributed by atoms with Gasteiger partial charge in [0.25, 0.3) is 0 Å². The summed E-state index contributed by atoms with van der Waals surface area (Å²) < 4.78 is 2.18. The van der Waals surface area contributed by atoms with Gasteiger partial charge in [0.05, 0.1) is 0 Å². The zero-order chi connectivity index (χ0) is 10.8. The van der Waals surface area contributed by atoms with Crippen LogP contribution in [0, 0.1) is 0 Å². The number of hydrogen-bond acceptors (Lipinski definition) is 0. The summed E-state index contributed by atoms with van der Waals surface area (Å²) in [6, 6.07) is 8.51. The Morgan fingerprint density at radius 3 is 2.80 bits per heavy atom. The lowest BCUT2D eigenvalue weighted by atomic mass is 10.1. The van der Waals surface area contributed by atoms with Gasteiger partial charge in [0, 0.05) is 29.5 Å².